The van der Waals surface area contributed by atoms with Crippen molar-refractivity contribution in [2.45, 2.75) is 155 Å². The van der Waals surface area contributed by atoms with Crippen LogP contribution in [0.25, 0.3) is 0 Å². The molecular formula is C55H80O6. The van der Waals surface area contributed by atoms with Gasteiger partial charge in [-0.05, 0) is 83.5 Å². The van der Waals surface area contributed by atoms with Crippen LogP contribution in [0.1, 0.15) is 149 Å². The van der Waals surface area contributed by atoms with Gasteiger partial charge in [0.25, 0.3) is 0 Å². The summed E-state index contributed by atoms with van der Waals surface area (Å²) in [5.74, 6) is -1.07. The number of rotatable bonds is 38. The molecule has 0 radical (unpaired) electrons. The first-order chi connectivity index (χ1) is 30.0. The van der Waals surface area contributed by atoms with Crippen molar-refractivity contribution >= 4 is 17.9 Å². The lowest BCUT2D eigenvalue weighted by Gasteiger charge is -2.18. The van der Waals surface area contributed by atoms with Crippen LogP contribution in [-0.4, -0.2) is 37.2 Å². The van der Waals surface area contributed by atoms with Crippen molar-refractivity contribution in [3.8, 4) is 0 Å². The minimum atomic E-state index is -0.836. The normalized spacial score (nSPS) is 13.6. The van der Waals surface area contributed by atoms with Gasteiger partial charge in [-0.25, -0.2) is 0 Å². The summed E-state index contributed by atoms with van der Waals surface area (Å²) in [5.41, 5.74) is 0. The second-order valence-electron chi connectivity index (χ2n) is 14.4. The Morgan fingerprint density at radius 1 is 0.344 bits per heavy atom. The molecule has 1 unspecified atom stereocenters. The Balaban J connectivity index is 4.62. The summed E-state index contributed by atoms with van der Waals surface area (Å²) in [6.45, 7) is 6.08. The largest absolute Gasteiger partial charge is 0.462 e. The number of unbranched alkanes of at least 4 members (excludes halogenated alkanes) is 9. The van der Waals surface area contributed by atoms with Crippen molar-refractivity contribution in [2.24, 2.45) is 0 Å². The van der Waals surface area contributed by atoms with Crippen LogP contribution in [0.3, 0.4) is 0 Å². The summed E-state index contributed by atoms with van der Waals surface area (Å²) >= 11 is 0. The van der Waals surface area contributed by atoms with Gasteiger partial charge in [-0.15, -0.1) is 0 Å². The van der Waals surface area contributed by atoms with E-state index in [0.29, 0.717) is 12.8 Å². The summed E-state index contributed by atoms with van der Waals surface area (Å²) in [6.07, 6.45) is 69.4. The molecule has 6 heteroatoms. The molecule has 0 aromatic carbocycles. The van der Waals surface area contributed by atoms with Gasteiger partial charge >= 0.3 is 17.9 Å². The van der Waals surface area contributed by atoms with E-state index in [1.165, 1.54) is 0 Å². The summed E-state index contributed by atoms with van der Waals surface area (Å²) in [7, 11) is 0. The first-order valence-corrected chi connectivity index (χ1v) is 23.1. The molecule has 0 aromatic rings. The molecule has 0 aliphatic rings. The number of esters is 3. The van der Waals surface area contributed by atoms with Crippen LogP contribution in [0.5, 0.6) is 0 Å². The van der Waals surface area contributed by atoms with E-state index >= 15 is 0 Å². The van der Waals surface area contributed by atoms with Gasteiger partial charge in [0.1, 0.15) is 13.2 Å². The fraction of sp³-hybridized carbons (Fsp3) is 0.473. The lowest BCUT2D eigenvalue weighted by molar-refractivity contribution is -0.167. The average molecular weight is 837 g/mol. The van der Waals surface area contributed by atoms with Gasteiger partial charge in [0.05, 0.1) is 0 Å². The number of hydrogen-bond donors (Lipinski definition) is 0. The SMILES string of the molecule is CC\C=C/C=C\C=C/C=C\C=C\C=C/CCCCCC(=O)OCC(COC(=O)CCC/C=C\C/C=C\C/C=C\CC)OC(=O)CCCCCCC\C=C/C=C\C=C/C=C\CC. The Kier molecular flexibility index (Phi) is 43.8. The van der Waals surface area contributed by atoms with Crippen molar-refractivity contribution in [2.75, 3.05) is 13.2 Å². The summed E-state index contributed by atoms with van der Waals surface area (Å²) in [5, 5.41) is 0. The van der Waals surface area contributed by atoms with Crippen molar-refractivity contribution in [1.82, 2.24) is 0 Å². The molecule has 0 saturated carbocycles. The Labute approximate surface area is 371 Å². The van der Waals surface area contributed by atoms with Crippen LogP contribution in [0.2, 0.25) is 0 Å². The quantitative estimate of drug-likeness (QED) is 0.0203. The highest BCUT2D eigenvalue weighted by atomic mass is 16.6. The van der Waals surface area contributed by atoms with Crippen LogP contribution in [0.4, 0.5) is 0 Å². The lowest BCUT2D eigenvalue weighted by Crippen LogP contribution is -2.30. The smallest absolute Gasteiger partial charge is 0.306 e. The highest BCUT2D eigenvalue weighted by Crippen LogP contribution is 2.11. The van der Waals surface area contributed by atoms with E-state index in [-0.39, 0.29) is 50.4 Å². The molecule has 1 atom stereocenters. The van der Waals surface area contributed by atoms with Gasteiger partial charge in [0, 0.05) is 19.3 Å². The van der Waals surface area contributed by atoms with Gasteiger partial charge in [-0.1, -0.05) is 204 Å². The van der Waals surface area contributed by atoms with E-state index < -0.39 is 6.10 Å². The molecule has 0 heterocycles. The standard InChI is InChI=1S/C55H80O6/c1-4-7-10-13-16-19-22-24-26-27-29-30-33-36-39-42-45-48-54(57)60-51-52(50-59-53(56)47-44-41-38-35-32-21-18-15-12-9-6-3)61-55(58)49-46-43-40-37-34-31-28-25-23-20-17-14-11-8-5-2/h7-14,16-30,33,35,38,52H,4-6,15,31-32,34,36-37,39-51H2,1-3H3/b10-7-,11-8-,12-9-,16-13-,17-14-,21-18-,22-19-,23-20-,26-24-,28-25-,29-27+,33-30-,38-35-. The number of carbonyl (C=O) groups is 3. The maximum absolute atomic E-state index is 12.7. The maximum atomic E-state index is 12.7. The van der Waals surface area contributed by atoms with Crippen LogP contribution in [0, 0.1) is 0 Å². The summed E-state index contributed by atoms with van der Waals surface area (Å²) < 4.78 is 16.6. The molecule has 336 valence electrons. The van der Waals surface area contributed by atoms with Crippen LogP contribution >= 0.6 is 0 Å². The van der Waals surface area contributed by atoms with Crippen molar-refractivity contribution in [1.29, 1.82) is 0 Å². The third kappa shape index (κ3) is 46.0. The maximum Gasteiger partial charge on any atom is 0.306 e. The Morgan fingerprint density at radius 3 is 1.18 bits per heavy atom. The second kappa shape index (κ2) is 47.7. The fourth-order valence-electron chi connectivity index (χ4n) is 5.39. The van der Waals surface area contributed by atoms with Crippen LogP contribution < -0.4 is 0 Å². The van der Waals surface area contributed by atoms with E-state index in [0.717, 1.165) is 96.3 Å². The van der Waals surface area contributed by atoms with Gasteiger partial charge in [-0.3, -0.25) is 14.4 Å². The second-order valence-corrected chi connectivity index (χ2v) is 14.4. The molecule has 0 saturated heterocycles. The molecule has 0 rings (SSSR count). The molecule has 0 N–H and O–H groups in total. The van der Waals surface area contributed by atoms with Gasteiger partial charge in [-0.2, -0.15) is 0 Å². The summed E-state index contributed by atoms with van der Waals surface area (Å²) in [4.78, 5) is 37.8. The molecular weight excluding hydrogens is 757 g/mol. The van der Waals surface area contributed by atoms with Crippen molar-refractivity contribution < 1.29 is 28.6 Å². The predicted molar refractivity (Wildman–Crippen MR) is 260 cm³/mol. The zero-order valence-electron chi connectivity index (χ0n) is 38.1. The number of hydrogen-bond acceptors (Lipinski definition) is 6. The third-order valence-electron chi connectivity index (χ3n) is 8.76. The van der Waals surface area contributed by atoms with E-state index in [9.17, 15) is 14.4 Å². The van der Waals surface area contributed by atoms with Crippen LogP contribution in [0.15, 0.2) is 158 Å². The molecule has 61 heavy (non-hydrogen) atoms. The van der Waals surface area contributed by atoms with Gasteiger partial charge in [0.15, 0.2) is 6.10 Å². The predicted octanol–water partition coefficient (Wildman–Crippen LogP) is 15.1. The molecule has 0 aliphatic carbocycles. The Hall–Kier alpha value is -4.97. The molecule has 0 aliphatic heterocycles. The van der Waals surface area contributed by atoms with E-state index in [1.807, 2.05) is 91.1 Å². The first-order valence-electron chi connectivity index (χ1n) is 23.1. The molecule has 0 spiro atoms. The van der Waals surface area contributed by atoms with Crippen molar-refractivity contribution in [3.63, 3.8) is 0 Å². The third-order valence-corrected chi connectivity index (χ3v) is 8.76. The van der Waals surface area contributed by atoms with E-state index in [4.69, 9.17) is 14.2 Å². The highest BCUT2D eigenvalue weighted by molar-refractivity contribution is 5.71. The van der Waals surface area contributed by atoms with E-state index in [2.05, 4.69) is 87.6 Å². The average Bonchev–Trinajstić information content (AvgIpc) is 3.26. The van der Waals surface area contributed by atoms with Crippen molar-refractivity contribution in [3.05, 3.63) is 158 Å². The highest BCUT2D eigenvalue weighted by Gasteiger charge is 2.19. The van der Waals surface area contributed by atoms with E-state index in [1.54, 1.807) is 0 Å². The number of carbonyl (C=O) groups excluding carboxylic acids is 3. The first kappa shape index (κ1) is 56.0. The zero-order valence-corrected chi connectivity index (χ0v) is 38.1. The van der Waals surface area contributed by atoms with Gasteiger partial charge in [0.2, 0.25) is 0 Å². The fourth-order valence-corrected chi connectivity index (χ4v) is 5.39. The summed E-state index contributed by atoms with van der Waals surface area (Å²) in [6, 6.07) is 0. The number of ether oxygens (including phenoxy) is 3. The minimum absolute atomic E-state index is 0.135. The molecule has 0 bridgehead atoms. The monoisotopic (exact) mass is 837 g/mol. The molecule has 6 nitrogen and oxygen atoms in total. The minimum Gasteiger partial charge on any atom is -0.462 e. The topological polar surface area (TPSA) is 78.9 Å². The van der Waals surface area contributed by atoms with Crippen LogP contribution in [-0.2, 0) is 28.6 Å². The molecule has 0 amide bonds. The zero-order chi connectivity index (χ0) is 44.4. The van der Waals surface area contributed by atoms with Gasteiger partial charge < -0.3 is 14.2 Å². The molecule has 0 fully saturated rings. The Morgan fingerprint density at radius 2 is 0.689 bits per heavy atom. The Bertz CT molecular complexity index is 1470. The molecule has 0 aromatic heterocycles. The lowest BCUT2D eigenvalue weighted by atomic mass is 10.1. The number of allylic oxidation sites excluding steroid dienone is 26.